The van der Waals surface area contributed by atoms with Gasteiger partial charge in [0.2, 0.25) is 0 Å². The summed E-state index contributed by atoms with van der Waals surface area (Å²) in [6.07, 6.45) is 11.3. The van der Waals surface area contributed by atoms with Gasteiger partial charge in [-0.3, -0.25) is 9.59 Å². The standard InChI is InChI=1S/C21H27NO2/c1-12(23)14-6-7-15-13-4-5-17-19(22)18(24)9-11-21(17,3)16(13)8-10-20(14,15)2/h4-5,8,13-15H,6-7,9-11,22H2,1-3H3/t13-,14+,15-,20+,21+/m0/s1. The molecule has 0 saturated heterocycles. The fourth-order valence-electron chi connectivity index (χ4n) is 6.18. The Morgan fingerprint density at radius 3 is 2.75 bits per heavy atom. The summed E-state index contributed by atoms with van der Waals surface area (Å²) in [4.78, 5) is 24.2. The highest BCUT2D eigenvalue weighted by Gasteiger charge is 2.56. The number of hydrogen-bond donors (Lipinski definition) is 1. The van der Waals surface area contributed by atoms with Crippen LogP contribution in [0.5, 0.6) is 0 Å². The van der Waals surface area contributed by atoms with Gasteiger partial charge in [-0.05, 0) is 49.5 Å². The van der Waals surface area contributed by atoms with Gasteiger partial charge in [-0.2, -0.15) is 0 Å². The van der Waals surface area contributed by atoms with Crippen molar-refractivity contribution in [3.63, 3.8) is 0 Å². The summed E-state index contributed by atoms with van der Waals surface area (Å²) in [6.45, 7) is 6.32. The van der Waals surface area contributed by atoms with Crippen LogP contribution in [0.4, 0.5) is 0 Å². The van der Waals surface area contributed by atoms with Crippen LogP contribution in [0.25, 0.3) is 0 Å². The Morgan fingerprint density at radius 2 is 2.04 bits per heavy atom. The van der Waals surface area contributed by atoms with Crippen molar-refractivity contribution in [3.05, 3.63) is 35.1 Å². The van der Waals surface area contributed by atoms with Crippen molar-refractivity contribution >= 4 is 11.6 Å². The average Bonchev–Trinajstić information content (AvgIpc) is 2.89. The minimum absolute atomic E-state index is 0.0813. The second-order valence-electron chi connectivity index (χ2n) is 8.68. The Balaban J connectivity index is 1.81. The Morgan fingerprint density at radius 1 is 1.29 bits per heavy atom. The minimum Gasteiger partial charge on any atom is -0.396 e. The lowest BCUT2D eigenvalue weighted by Gasteiger charge is -2.51. The maximum atomic E-state index is 12.1. The third-order valence-electron chi connectivity index (χ3n) is 7.60. The Labute approximate surface area is 144 Å². The molecule has 0 spiro atoms. The molecule has 0 unspecified atom stereocenters. The molecule has 2 N–H and O–H groups in total. The molecule has 1 fully saturated rings. The SMILES string of the molecule is CC(=O)[C@H]1CC[C@H]2[C@@H]3C=CC4=C(N)C(=O)CC[C@]4(C)C3=CC[C@]12C. The molecular formula is C21H27NO2. The number of nitrogens with two attached hydrogens (primary N) is 1. The molecule has 4 rings (SSSR count). The second kappa shape index (κ2) is 4.93. The summed E-state index contributed by atoms with van der Waals surface area (Å²) in [5.41, 5.74) is 9.04. The Kier molecular flexibility index (Phi) is 3.26. The fraction of sp³-hybridized carbons (Fsp3) is 0.619. The summed E-state index contributed by atoms with van der Waals surface area (Å²) < 4.78 is 0. The Bertz CT molecular complexity index is 728. The lowest BCUT2D eigenvalue weighted by Crippen LogP contribution is -2.44. The van der Waals surface area contributed by atoms with Crippen LogP contribution < -0.4 is 5.73 Å². The van der Waals surface area contributed by atoms with E-state index in [1.807, 2.05) is 0 Å². The number of fused-ring (bicyclic) bond motifs is 5. The molecule has 5 atom stereocenters. The zero-order valence-corrected chi connectivity index (χ0v) is 14.9. The van der Waals surface area contributed by atoms with Crippen molar-refractivity contribution in [2.24, 2.45) is 34.3 Å². The predicted octanol–water partition coefficient (Wildman–Crippen LogP) is 3.71. The summed E-state index contributed by atoms with van der Waals surface area (Å²) in [5.74, 6) is 1.54. The normalized spacial score (nSPS) is 43.9. The van der Waals surface area contributed by atoms with Gasteiger partial charge in [0.25, 0.3) is 0 Å². The number of allylic oxidation sites excluding steroid dienone is 6. The first kappa shape index (κ1) is 15.9. The fourth-order valence-corrected chi connectivity index (χ4v) is 6.18. The van der Waals surface area contributed by atoms with Crippen molar-refractivity contribution in [3.8, 4) is 0 Å². The van der Waals surface area contributed by atoms with Crippen LogP contribution in [-0.4, -0.2) is 11.6 Å². The lowest BCUT2D eigenvalue weighted by atomic mass is 9.53. The molecule has 0 aliphatic heterocycles. The molecule has 1 saturated carbocycles. The van der Waals surface area contributed by atoms with Gasteiger partial charge in [0.1, 0.15) is 5.78 Å². The third-order valence-corrected chi connectivity index (χ3v) is 7.60. The first-order valence-corrected chi connectivity index (χ1v) is 9.21. The molecule has 4 aliphatic rings. The largest absolute Gasteiger partial charge is 0.396 e. The predicted molar refractivity (Wildman–Crippen MR) is 93.9 cm³/mol. The van der Waals surface area contributed by atoms with E-state index in [0.717, 1.165) is 31.3 Å². The first-order chi connectivity index (χ1) is 11.3. The Hall–Kier alpha value is -1.64. The molecular weight excluding hydrogens is 298 g/mol. The van der Waals surface area contributed by atoms with Crippen LogP contribution in [0.3, 0.4) is 0 Å². The first-order valence-electron chi connectivity index (χ1n) is 9.21. The molecule has 128 valence electrons. The highest BCUT2D eigenvalue weighted by Crippen LogP contribution is 2.63. The second-order valence-corrected chi connectivity index (χ2v) is 8.68. The van der Waals surface area contributed by atoms with E-state index in [2.05, 4.69) is 32.1 Å². The smallest absolute Gasteiger partial charge is 0.178 e. The molecule has 0 aromatic heterocycles. The highest BCUT2D eigenvalue weighted by atomic mass is 16.1. The van der Waals surface area contributed by atoms with Gasteiger partial charge in [0, 0.05) is 23.7 Å². The average molecular weight is 325 g/mol. The molecule has 4 aliphatic carbocycles. The monoisotopic (exact) mass is 325 g/mol. The van der Waals surface area contributed by atoms with Crippen LogP contribution in [0.15, 0.2) is 35.1 Å². The third kappa shape index (κ3) is 1.84. The number of carbonyl (C=O) groups is 2. The van der Waals surface area contributed by atoms with E-state index in [9.17, 15) is 9.59 Å². The number of rotatable bonds is 1. The van der Waals surface area contributed by atoms with E-state index in [4.69, 9.17) is 5.73 Å². The number of hydrogen-bond acceptors (Lipinski definition) is 3. The van der Waals surface area contributed by atoms with E-state index in [-0.39, 0.29) is 22.5 Å². The van der Waals surface area contributed by atoms with E-state index >= 15 is 0 Å². The number of Topliss-reactive ketones (excluding diaryl/α,β-unsaturated/α-hetero) is 2. The zero-order valence-electron chi connectivity index (χ0n) is 14.9. The van der Waals surface area contributed by atoms with Gasteiger partial charge in [-0.1, -0.05) is 37.6 Å². The van der Waals surface area contributed by atoms with Gasteiger partial charge in [0.15, 0.2) is 5.78 Å². The number of ketones is 2. The molecule has 3 nitrogen and oxygen atoms in total. The van der Waals surface area contributed by atoms with E-state index in [1.165, 1.54) is 5.57 Å². The van der Waals surface area contributed by atoms with Crippen molar-refractivity contribution in [2.45, 2.75) is 52.9 Å². The van der Waals surface area contributed by atoms with Crippen LogP contribution in [0.2, 0.25) is 0 Å². The van der Waals surface area contributed by atoms with Gasteiger partial charge in [-0.15, -0.1) is 0 Å². The van der Waals surface area contributed by atoms with Gasteiger partial charge in [-0.25, -0.2) is 0 Å². The minimum atomic E-state index is -0.104. The molecule has 0 bridgehead atoms. The van der Waals surface area contributed by atoms with Crippen molar-refractivity contribution in [2.75, 3.05) is 0 Å². The van der Waals surface area contributed by atoms with E-state index < -0.39 is 0 Å². The maximum absolute atomic E-state index is 12.1. The van der Waals surface area contributed by atoms with Crippen LogP contribution in [-0.2, 0) is 9.59 Å². The van der Waals surface area contributed by atoms with Crippen molar-refractivity contribution in [1.29, 1.82) is 0 Å². The maximum Gasteiger partial charge on any atom is 0.178 e. The lowest BCUT2D eigenvalue weighted by molar-refractivity contribution is -0.124. The van der Waals surface area contributed by atoms with Crippen LogP contribution >= 0.6 is 0 Å². The zero-order chi connectivity index (χ0) is 17.3. The molecule has 24 heavy (non-hydrogen) atoms. The van der Waals surface area contributed by atoms with E-state index in [0.29, 0.717) is 29.7 Å². The van der Waals surface area contributed by atoms with Crippen LogP contribution in [0, 0.1) is 28.6 Å². The van der Waals surface area contributed by atoms with Crippen LogP contribution in [0.1, 0.15) is 52.9 Å². The summed E-state index contributed by atoms with van der Waals surface area (Å²) >= 11 is 0. The van der Waals surface area contributed by atoms with Gasteiger partial charge in [0.05, 0.1) is 5.70 Å². The molecule has 0 radical (unpaired) electrons. The van der Waals surface area contributed by atoms with Crippen molar-refractivity contribution < 1.29 is 9.59 Å². The topological polar surface area (TPSA) is 60.2 Å². The molecule has 3 heteroatoms. The summed E-state index contributed by atoms with van der Waals surface area (Å²) in [6, 6.07) is 0. The number of carbonyl (C=O) groups excluding carboxylic acids is 2. The molecule has 0 aromatic carbocycles. The van der Waals surface area contributed by atoms with E-state index in [1.54, 1.807) is 6.92 Å². The van der Waals surface area contributed by atoms with Gasteiger partial charge >= 0.3 is 0 Å². The molecule has 0 amide bonds. The van der Waals surface area contributed by atoms with Crippen molar-refractivity contribution in [1.82, 2.24) is 0 Å². The summed E-state index contributed by atoms with van der Waals surface area (Å²) in [5, 5.41) is 0. The quantitative estimate of drug-likeness (QED) is 0.748. The highest BCUT2D eigenvalue weighted by molar-refractivity contribution is 5.97. The van der Waals surface area contributed by atoms with Gasteiger partial charge < -0.3 is 5.73 Å². The molecule has 0 aromatic rings. The molecule has 0 heterocycles. The summed E-state index contributed by atoms with van der Waals surface area (Å²) in [7, 11) is 0.